The maximum atomic E-state index is 13.7. The Morgan fingerprint density at radius 2 is 0.977 bits per heavy atom. The molecule has 0 rings (SSSR count). The summed E-state index contributed by atoms with van der Waals surface area (Å²) < 4.78 is 203. The molecule has 0 heterocycles. The first-order valence-electron chi connectivity index (χ1n) is 12.9. The minimum absolute atomic E-state index is 0.104. The van der Waals surface area contributed by atoms with E-state index in [2.05, 4.69) is 4.74 Å². The van der Waals surface area contributed by atoms with Gasteiger partial charge in [0.25, 0.3) is 0 Å². The second-order valence-corrected chi connectivity index (χ2v) is 9.30. The highest BCUT2D eigenvalue weighted by Gasteiger charge is 2.93. The summed E-state index contributed by atoms with van der Waals surface area (Å²) in [5.74, 6) is -49.6. The van der Waals surface area contributed by atoms with Gasteiger partial charge in [-0.15, -0.1) is 0 Å². The van der Waals surface area contributed by atoms with E-state index in [0.717, 1.165) is 12.8 Å². The first-order chi connectivity index (χ1) is 19.5. The molecule has 0 saturated carbocycles. The Kier molecular flexibility index (Phi) is 15.2. The number of hydrogen-bond donors (Lipinski definition) is 0. The van der Waals surface area contributed by atoms with Crippen molar-refractivity contribution in [1.82, 2.24) is 0 Å². The summed E-state index contributed by atoms with van der Waals surface area (Å²) in [6.07, 6.45) is 8.15. The maximum Gasteiger partial charge on any atom is 0.473 e. The molecule has 0 aromatic rings. The summed E-state index contributed by atoms with van der Waals surface area (Å²) in [6.45, 7) is -1.83. The van der Waals surface area contributed by atoms with Crippen LogP contribution in [0, 0.1) is 0 Å². The van der Waals surface area contributed by atoms with Crippen molar-refractivity contribution in [3.63, 3.8) is 0 Å². The normalized spacial score (nSPS) is 14.9. The molecule has 0 radical (unpaired) electrons. The van der Waals surface area contributed by atoms with Crippen LogP contribution < -0.4 is 0 Å². The van der Waals surface area contributed by atoms with Crippen LogP contribution >= 0.6 is 0 Å². The first kappa shape index (κ1) is 40.6. The SMILES string of the molecule is CC/C=C\C/C=C\C/C=C\CCCCCCCC(=O)OC(F)(F)C(F)(F)C(F)(F)C(F)(F)C(F)(F)C(F)(F)C(F)(F)CF. The lowest BCUT2D eigenvalue weighted by atomic mass is 9.91. The molecule has 0 amide bonds. The molecule has 252 valence electrons. The van der Waals surface area contributed by atoms with E-state index < -0.39 is 60.7 Å². The Balaban J connectivity index is 4.99. The third-order valence-electron chi connectivity index (χ3n) is 5.84. The van der Waals surface area contributed by atoms with E-state index in [9.17, 15) is 70.7 Å². The molecule has 0 bridgehead atoms. The lowest BCUT2D eigenvalue weighted by Crippen LogP contribution is -2.73. The number of halogens is 15. The maximum absolute atomic E-state index is 13.7. The Bertz CT molecular complexity index is 941. The summed E-state index contributed by atoms with van der Waals surface area (Å²) in [5, 5.41) is 0. The molecule has 0 N–H and O–H groups in total. The average Bonchev–Trinajstić information content (AvgIpc) is 2.89. The molecule has 0 aliphatic rings. The fourth-order valence-corrected chi connectivity index (χ4v) is 3.23. The van der Waals surface area contributed by atoms with Crippen molar-refractivity contribution in [3.05, 3.63) is 36.5 Å². The molecule has 0 saturated heterocycles. The van der Waals surface area contributed by atoms with Gasteiger partial charge in [-0.2, -0.15) is 61.5 Å². The van der Waals surface area contributed by atoms with Crippen molar-refractivity contribution in [1.29, 1.82) is 0 Å². The van der Waals surface area contributed by atoms with Gasteiger partial charge in [0.1, 0.15) is 0 Å². The lowest BCUT2D eigenvalue weighted by molar-refractivity contribution is -0.461. The van der Waals surface area contributed by atoms with Crippen molar-refractivity contribution in [3.8, 4) is 0 Å². The Morgan fingerprint density at radius 1 is 0.558 bits per heavy atom. The highest BCUT2D eigenvalue weighted by Crippen LogP contribution is 2.62. The first-order valence-corrected chi connectivity index (χ1v) is 12.9. The summed E-state index contributed by atoms with van der Waals surface area (Å²) in [6, 6.07) is 0. The molecule has 0 spiro atoms. The number of carbonyl (C=O) groups excluding carboxylic acids is 1. The third-order valence-corrected chi connectivity index (χ3v) is 5.84. The molecule has 0 aliphatic carbocycles. The van der Waals surface area contributed by atoms with Gasteiger partial charge in [0.15, 0.2) is 6.67 Å². The summed E-state index contributed by atoms with van der Waals surface area (Å²) in [7, 11) is 0. The molecule has 0 aliphatic heterocycles. The highest BCUT2D eigenvalue weighted by atomic mass is 19.4. The summed E-state index contributed by atoms with van der Waals surface area (Å²) in [5.41, 5.74) is 0. The minimum Gasteiger partial charge on any atom is -0.396 e. The third kappa shape index (κ3) is 9.56. The van der Waals surface area contributed by atoms with Crippen molar-refractivity contribution >= 4 is 5.97 Å². The van der Waals surface area contributed by atoms with Gasteiger partial charge in [-0.05, 0) is 38.5 Å². The van der Waals surface area contributed by atoms with Gasteiger partial charge in [0, 0.05) is 6.42 Å². The van der Waals surface area contributed by atoms with Crippen LogP contribution in [0.15, 0.2) is 36.5 Å². The van der Waals surface area contributed by atoms with E-state index in [4.69, 9.17) is 0 Å². The van der Waals surface area contributed by atoms with E-state index >= 15 is 0 Å². The van der Waals surface area contributed by atoms with Gasteiger partial charge in [-0.1, -0.05) is 62.6 Å². The number of rotatable bonds is 21. The molecular weight excluding hydrogens is 629 g/mol. The van der Waals surface area contributed by atoms with Crippen LogP contribution in [-0.2, 0) is 9.53 Å². The lowest BCUT2D eigenvalue weighted by Gasteiger charge is -2.41. The van der Waals surface area contributed by atoms with Crippen LogP contribution in [0.4, 0.5) is 65.9 Å². The zero-order valence-corrected chi connectivity index (χ0v) is 22.7. The smallest absolute Gasteiger partial charge is 0.396 e. The van der Waals surface area contributed by atoms with Gasteiger partial charge in [-0.3, -0.25) is 4.79 Å². The van der Waals surface area contributed by atoms with Crippen molar-refractivity contribution < 1.29 is 75.4 Å². The molecule has 0 unspecified atom stereocenters. The fourth-order valence-electron chi connectivity index (χ4n) is 3.23. The van der Waals surface area contributed by atoms with Gasteiger partial charge in [-0.25, -0.2) is 4.39 Å². The highest BCUT2D eigenvalue weighted by molar-refractivity contribution is 5.69. The summed E-state index contributed by atoms with van der Waals surface area (Å²) >= 11 is 0. The Labute approximate surface area is 238 Å². The minimum atomic E-state index is -8.35. The predicted octanol–water partition coefficient (Wildman–Crippen LogP) is 10.5. The second kappa shape index (κ2) is 16.1. The number of unbranched alkanes of at least 4 members (excludes halogenated alkanes) is 5. The number of carbonyl (C=O) groups is 1. The molecule has 0 fully saturated rings. The molecule has 17 heteroatoms. The monoisotopic (exact) mass is 660 g/mol. The summed E-state index contributed by atoms with van der Waals surface area (Å²) in [4.78, 5) is 11.4. The van der Waals surface area contributed by atoms with E-state index in [1.54, 1.807) is 0 Å². The zero-order chi connectivity index (χ0) is 33.8. The van der Waals surface area contributed by atoms with Crippen molar-refractivity contribution in [2.24, 2.45) is 0 Å². The second-order valence-electron chi connectivity index (χ2n) is 9.30. The van der Waals surface area contributed by atoms with E-state index in [1.807, 2.05) is 43.4 Å². The van der Waals surface area contributed by atoms with Crippen LogP contribution in [0.2, 0.25) is 0 Å². The van der Waals surface area contributed by atoms with Gasteiger partial charge in [0.2, 0.25) is 0 Å². The molecular formula is C26H31F15O2. The predicted molar refractivity (Wildman–Crippen MR) is 126 cm³/mol. The molecule has 0 atom stereocenters. The molecule has 2 nitrogen and oxygen atoms in total. The van der Waals surface area contributed by atoms with Crippen LogP contribution in [0.5, 0.6) is 0 Å². The van der Waals surface area contributed by atoms with Crippen LogP contribution in [0.1, 0.15) is 71.1 Å². The van der Waals surface area contributed by atoms with Gasteiger partial charge in [0.05, 0.1) is 0 Å². The quantitative estimate of drug-likeness (QED) is 0.0530. The molecule has 0 aromatic carbocycles. The fraction of sp³-hybridized carbons (Fsp3) is 0.731. The molecule has 0 aromatic heterocycles. The van der Waals surface area contributed by atoms with Gasteiger partial charge >= 0.3 is 47.6 Å². The van der Waals surface area contributed by atoms with E-state index in [-0.39, 0.29) is 12.8 Å². The van der Waals surface area contributed by atoms with Crippen LogP contribution in [-0.4, -0.2) is 54.3 Å². The number of allylic oxidation sites excluding steroid dienone is 6. The number of esters is 1. The van der Waals surface area contributed by atoms with Crippen LogP contribution in [0.3, 0.4) is 0 Å². The Hall–Kier alpha value is -2.36. The van der Waals surface area contributed by atoms with E-state index in [0.29, 0.717) is 32.1 Å². The van der Waals surface area contributed by atoms with Gasteiger partial charge < -0.3 is 4.74 Å². The standard InChI is InChI=1S/C26H31F15O2/c1-2-3-4-5-6-7-8-9-10-11-12-13-14-15-16-17-19(42)43-26(40,41)25(38,39)24(36,37)23(34,35)22(32,33)21(30,31)20(28,29)18-27/h3-4,6-7,9-10H,2,5,8,11-18H2,1H3/b4-3-,7-6-,10-9-. The van der Waals surface area contributed by atoms with Crippen LogP contribution in [0.25, 0.3) is 0 Å². The number of hydrogen-bond acceptors (Lipinski definition) is 2. The number of alkyl halides is 15. The van der Waals surface area contributed by atoms with Crippen molar-refractivity contribution in [2.45, 2.75) is 113 Å². The average molecular weight is 661 g/mol. The largest absolute Gasteiger partial charge is 0.473 e. The van der Waals surface area contributed by atoms with Crippen molar-refractivity contribution in [2.75, 3.05) is 6.67 Å². The number of ether oxygens (including phenoxy) is 1. The van der Waals surface area contributed by atoms with E-state index in [1.165, 1.54) is 0 Å². The zero-order valence-electron chi connectivity index (χ0n) is 22.7. The molecule has 43 heavy (non-hydrogen) atoms. The Morgan fingerprint density at radius 3 is 1.49 bits per heavy atom. The topological polar surface area (TPSA) is 26.3 Å².